The van der Waals surface area contributed by atoms with Crippen LogP contribution < -0.4 is 10.6 Å². The van der Waals surface area contributed by atoms with Crippen molar-refractivity contribution in [3.63, 3.8) is 0 Å². The smallest absolute Gasteiger partial charge is 0.135 e. The Kier molecular flexibility index (Phi) is 4.85. The van der Waals surface area contributed by atoms with Crippen LogP contribution in [0, 0.1) is 12.7 Å². The molecule has 0 saturated heterocycles. The summed E-state index contributed by atoms with van der Waals surface area (Å²) in [4.78, 5) is 6.60. The molecule has 1 heterocycles. The molecule has 21 heavy (non-hydrogen) atoms. The van der Waals surface area contributed by atoms with Crippen molar-refractivity contribution >= 4 is 22.9 Å². The number of nitrogens with zero attached hydrogens (tertiary/aromatic N) is 2. The maximum atomic E-state index is 14.0. The number of hydrogen-bond donors (Lipinski definition) is 1. The monoisotopic (exact) mass is 303 g/mol. The highest BCUT2D eigenvalue weighted by Gasteiger charge is 2.11. The number of hydrogen-bond acceptors (Lipinski definition) is 3. The Labute approximate surface area is 129 Å². The third kappa shape index (κ3) is 3.76. The molecule has 110 valence electrons. The van der Waals surface area contributed by atoms with E-state index >= 15 is 0 Å². The minimum Gasteiger partial charge on any atom is -0.389 e. The van der Waals surface area contributed by atoms with Crippen molar-refractivity contribution in [2.45, 2.75) is 20.4 Å². The van der Waals surface area contributed by atoms with Crippen molar-refractivity contribution < 1.29 is 4.39 Å². The van der Waals surface area contributed by atoms with Gasteiger partial charge in [0.15, 0.2) is 0 Å². The first kappa shape index (κ1) is 15.4. The second-order valence-corrected chi connectivity index (χ2v) is 5.25. The SMILES string of the molecule is CCN(Cc1cccc(C)n1)c1ccc(C(N)=S)c(F)c1. The van der Waals surface area contributed by atoms with Gasteiger partial charge in [-0.3, -0.25) is 4.98 Å². The second kappa shape index (κ2) is 6.63. The van der Waals surface area contributed by atoms with Crippen LogP contribution in [-0.2, 0) is 6.54 Å². The molecule has 0 saturated carbocycles. The van der Waals surface area contributed by atoms with Gasteiger partial charge in [0.25, 0.3) is 0 Å². The Hall–Kier alpha value is -2.01. The molecular weight excluding hydrogens is 285 g/mol. The van der Waals surface area contributed by atoms with Gasteiger partial charge in [0.2, 0.25) is 0 Å². The predicted molar refractivity (Wildman–Crippen MR) is 88.0 cm³/mol. The molecule has 0 aliphatic rings. The average Bonchev–Trinajstić information content (AvgIpc) is 2.44. The minimum absolute atomic E-state index is 0.0717. The van der Waals surface area contributed by atoms with Crippen molar-refractivity contribution in [3.8, 4) is 0 Å². The summed E-state index contributed by atoms with van der Waals surface area (Å²) in [5.74, 6) is -0.393. The van der Waals surface area contributed by atoms with Gasteiger partial charge >= 0.3 is 0 Å². The van der Waals surface area contributed by atoms with Crippen molar-refractivity contribution in [2.75, 3.05) is 11.4 Å². The zero-order valence-corrected chi connectivity index (χ0v) is 13.0. The lowest BCUT2D eigenvalue weighted by Gasteiger charge is -2.23. The Morgan fingerprint density at radius 2 is 2.10 bits per heavy atom. The van der Waals surface area contributed by atoms with E-state index in [9.17, 15) is 4.39 Å². The Morgan fingerprint density at radius 3 is 2.67 bits per heavy atom. The Balaban J connectivity index is 2.25. The van der Waals surface area contributed by atoms with Gasteiger partial charge in [0.05, 0.1) is 12.2 Å². The third-order valence-electron chi connectivity index (χ3n) is 3.26. The molecule has 0 radical (unpaired) electrons. The maximum Gasteiger partial charge on any atom is 0.135 e. The first-order valence-electron chi connectivity index (χ1n) is 6.78. The van der Waals surface area contributed by atoms with Crippen LogP contribution in [0.4, 0.5) is 10.1 Å². The number of aromatic nitrogens is 1. The predicted octanol–water partition coefficient (Wildman–Crippen LogP) is 3.19. The van der Waals surface area contributed by atoms with Gasteiger partial charge in [-0.25, -0.2) is 4.39 Å². The van der Waals surface area contributed by atoms with E-state index in [1.54, 1.807) is 6.07 Å². The number of aryl methyl sites for hydroxylation is 1. The van der Waals surface area contributed by atoms with Gasteiger partial charge in [-0.15, -0.1) is 0 Å². The van der Waals surface area contributed by atoms with E-state index in [1.807, 2.05) is 43.0 Å². The molecular formula is C16H18FN3S. The summed E-state index contributed by atoms with van der Waals surface area (Å²) >= 11 is 4.82. The van der Waals surface area contributed by atoms with Crippen molar-refractivity contribution in [1.82, 2.24) is 4.98 Å². The Bertz CT molecular complexity index is 658. The standard InChI is InChI=1S/C16H18FN3S/c1-3-20(10-12-6-4-5-11(2)19-12)13-7-8-14(16(18)21)15(17)9-13/h4-9H,3,10H2,1-2H3,(H2,18,21). The molecule has 3 nitrogen and oxygen atoms in total. The number of halogens is 1. The van der Waals surface area contributed by atoms with E-state index in [4.69, 9.17) is 18.0 Å². The lowest BCUT2D eigenvalue weighted by Crippen LogP contribution is -2.23. The van der Waals surface area contributed by atoms with Gasteiger partial charge in [0.1, 0.15) is 10.8 Å². The van der Waals surface area contributed by atoms with Crippen LogP contribution in [0.5, 0.6) is 0 Å². The fourth-order valence-electron chi connectivity index (χ4n) is 2.17. The van der Waals surface area contributed by atoms with Crippen molar-refractivity contribution in [2.24, 2.45) is 5.73 Å². The normalized spacial score (nSPS) is 10.4. The quantitative estimate of drug-likeness (QED) is 0.861. The van der Waals surface area contributed by atoms with Gasteiger partial charge in [-0.2, -0.15) is 0 Å². The zero-order chi connectivity index (χ0) is 15.4. The lowest BCUT2D eigenvalue weighted by molar-refractivity contribution is 0.624. The van der Waals surface area contributed by atoms with Crippen LogP contribution in [0.15, 0.2) is 36.4 Å². The summed E-state index contributed by atoms with van der Waals surface area (Å²) in [6.45, 7) is 5.36. The van der Waals surface area contributed by atoms with E-state index < -0.39 is 5.82 Å². The average molecular weight is 303 g/mol. The minimum atomic E-state index is -0.393. The largest absolute Gasteiger partial charge is 0.389 e. The van der Waals surface area contributed by atoms with Gasteiger partial charge in [-0.05, 0) is 44.2 Å². The second-order valence-electron chi connectivity index (χ2n) is 4.81. The highest BCUT2D eigenvalue weighted by atomic mass is 32.1. The summed E-state index contributed by atoms with van der Waals surface area (Å²) in [6.07, 6.45) is 0. The van der Waals surface area contributed by atoms with E-state index in [-0.39, 0.29) is 10.6 Å². The summed E-state index contributed by atoms with van der Waals surface area (Å²) in [7, 11) is 0. The molecule has 0 amide bonds. The molecule has 1 aromatic carbocycles. The van der Waals surface area contributed by atoms with E-state index in [2.05, 4.69) is 4.98 Å². The lowest BCUT2D eigenvalue weighted by atomic mass is 10.1. The van der Waals surface area contributed by atoms with Gasteiger partial charge < -0.3 is 10.6 Å². The third-order valence-corrected chi connectivity index (χ3v) is 3.48. The van der Waals surface area contributed by atoms with E-state index in [0.717, 1.165) is 23.6 Å². The molecule has 5 heteroatoms. The van der Waals surface area contributed by atoms with E-state index in [0.29, 0.717) is 6.54 Å². The van der Waals surface area contributed by atoms with Crippen LogP contribution in [0.1, 0.15) is 23.9 Å². The van der Waals surface area contributed by atoms with Gasteiger partial charge in [0, 0.05) is 23.5 Å². The molecule has 0 atom stereocenters. The molecule has 0 fully saturated rings. The molecule has 0 aliphatic heterocycles. The molecule has 2 N–H and O–H groups in total. The van der Waals surface area contributed by atoms with Crippen LogP contribution in [-0.4, -0.2) is 16.5 Å². The number of rotatable bonds is 5. The molecule has 1 aromatic heterocycles. The number of pyridine rings is 1. The van der Waals surface area contributed by atoms with Crippen LogP contribution in [0.25, 0.3) is 0 Å². The first-order valence-corrected chi connectivity index (χ1v) is 7.19. The summed E-state index contributed by atoms with van der Waals surface area (Å²) in [5, 5.41) is 0. The van der Waals surface area contributed by atoms with Crippen molar-refractivity contribution in [1.29, 1.82) is 0 Å². The zero-order valence-electron chi connectivity index (χ0n) is 12.1. The number of benzene rings is 1. The molecule has 0 aliphatic carbocycles. The summed E-state index contributed by atoms with van der Waals surface area (Å²) < 4.78 is 14.0. The van der Waals surface area contributed by atoms with Crippen LogP contribution >= 0.6 is 12.2 Å². The molecule has 0 bridgehead atoms. The summed E-state index contributed by atoms with van der Waals surface area (Å²) in [5.41, 5.74) is 8.47. The molecule has 2 aromatic rings. The highest BCUT2D eigenvalue weighted by Crippen LogP contribution is 2.20. The van der Waals surface area contributed by atoms with Crippen LogP contribution in [0.2, 0.25) is 0 Å². The molecule has 0 unspecified atom stereocenters. The molecule has 2 rings (SSSR count). The number of nitrogens with two attached hydrogens (primary N) is 1. The Morgan fingerprint density at radius 1 is 1.33 bits per heavy atom. The van der Waals surface area contributed by atoms with Crippen molar-refractivity contribution in [3.05, 3.63) is 59.2 Å². The van der Waals surface area contributed by atoms with Crippen LogP contribution in [0.3, 0.4) is 0 Å². The first-order chi connectivity index (χ1) is 10.0. The molecule has 0 spiro atoms. The van der Waals surface area contributed by atoms with E-state index in [1.165, 1.54) is 6.07 Å². The number of anilines is 1. The fraction of sp³-hybridized carbons (Fsp3) is 0.250. The fourth-order valence-corrected chi connectivity index (χ4v) is 2.33. The maximum absolute atomic E-state index is 14.0. The summed E-state index contributed by atoms with van der Waals surface area (Å²) in [6, 6.07) is 10.8. The number of thiocarbonyl (C=S) groups is 1. The highest BCUT2D eigenvalue weighted by molar-refractivity contribution is 7.80. The topological polar surface area (TPSA) is 42.2 Å². The van der Waals surface area contributed by atoms with Gasteiger partial charge in [-0.1, -0.05) is 18.3 Å².